The summed E-state index contributed by atoms with van der Waals surface area (Å²) in [5.74, 6) is 0.677. The Kier molecular flexibility index (Phi) is 9.60. The molecule has 0 bridgehead atoms. The van der Waals surface area contributed by atoms with Crippen molar-refractivity contribution in [3.63, 3.8) is 0 Å². The summed E-state index contributed by atoms with van der Waals surface area (Å²) in [7, 11) is 3.22. The van der Waals surface area contributed by atoms with Crippen molar-refractivity contribution in [2.75, 3.05) is 26.1 Å². The highest BCUT2D eigenvalue weighted by Crippen LogP contribution is 2.43. The molecule has 45 heavy (non-hydrogen) atoms. The van der Waals surface area contributed by atoms with Crippen LogP contribution in [0.3, 0.4) is 0 Å². The van der Waals surface area contributed by atoms with Gasteiger partial charge in [-0.25, -0.2) is 4.79 Å². The van der Waals surface area contributed by atoms with Gasteiger partial charge in [0.15, 0.2) is 0 Å². The Hall–Kier alpha value is -5.00. The number of methoxy groups -OCH3 is 2. The Labute approximate surface area is 260 Å². The van der Waals surface area contributed by atoms with Gasteiger partial charge in [0, 0.05) is 26.5 Å². The lowest BCUT2D eigenvalue weighted by Gasteiger charge is -2.37. The zero-order chi connectivity index (χ0) is 32.0. The minimum absolute atomic E-state index is 0.00639. The summed E-state index contributed by atoms with van der Waals surface area (Å²) in [6, 6.07) is 26.5. The van der Waals surface area contributed by atoms with E-state index in [0.717, 1.165) is 16.7 Å². The molecular weight excluding hydrogens is 578 g/mol. The van der Waals surface area contributed by atoms with Gasteiger partial charge < -0.3 is 29.0 Å². The van der Waals surface area contributed by atoms with E-state index in [0.29, 0.717) is 11.5 Å². The lowest BCUT2D eigenvalue weighted by Crippen LogP contribution is -2.39. The number of nitrogens with one attached hydrogen (secondary N) is 1. The molecule has 0 aliphatic carbocycles. The van der Waals surface area contributed by atoms with E-state index in [1.807, 2.05) is 78.9 Å². The topological polar surface area (TPSA) is 127 Å². The summed E-state index contributed by atoms with van der Waals surface area (Å²) in [5, 5.41) is 2.50. The predicted octanol–water partition coefficient (Wildman–Crippen LogP) is 4.45. The first kappa shape index (κ1) is 31.4. The third kappa shape index (κ3) is 6.89. The van der Waals surface area contributed by atoms with Crippen molar-refractivity contribution in [2.24, 2.45) is 0 Å². The number of hydrogen-bond donors (Lipinski definition) is 1. The molecule has 1 N–H and O–H groups in total. The fraction of sp³-hybridized carbons (Fsp3) is 0.294. The number of carbonyl (C=O) groups excluding carboxylic acids is 2. The molecule has 1 saturated heterocycles. The van der Waals surface area contributed by atoms with E-state index in [-0.39, 0.29) is 24.8 Å². The smallest absolute Gasteiger partial charge is 0.351 e. The maximum atomic E-state index is 12.9. The molecule has 4 aromatic rings. The van der Waals surface area contributed by atoms with Crippen LogP contribution in [-0.4, -0.2) is 54.5 Å². The van der Waals surface area contributed by atoms with Crippen molar-refractivity contribution in [1.82, 2.24) is 9.55 Å². The maximum absolute atomic E-state index is 12.9. The van der Waals surface area contributed by atoms with E-state index in [9.17, 15) is 14.4 Å². The molecule has 1 aromatic heterocycles. The molecule has 1 aliphatic heterocycles. The molecule has 2 heterocycles. The van der Waals surface area contributed by atoms with E-state index in [2.05, 4.69) is 10.3 Å². The number of amides is 1. The minimum atomic E-state index is -1.12. The summed E-state index contributed by atoms with van der Waals surface area (Å²) in [4.78, 5) is 40.4. The highest BCUT2D eigenvalue weighted by molar-refractivity contribution is 5.87. The summed E-state index contributed by atoms with van der Waals surface area (Å²) >= 11 is 0. The second-order valence-electron chi connectivity index (χ2n) is 10.5. The molecule has 11 nitrogen and oxygen atoms in total. The molecule has 5 rings (SSSR count). The van der Waals surface area contributed by atoms with Crippen molar-refractivity contribution >= 4 is 17.7 Å². The van der Waals surface area contributed by atoms with Crippen LogP contribution in [0.4, 0.5) is 5.82 Å². The van der Waals surface area contributed by atoms with Gasteiger partial charge >= 0.3 is 11.7 Å². The number of aromatic nitrogens is 2. The molecule has 0 saturated carbocycles. The van der Waals surface area contributed by atoms with Crippen LogP contribution in [0.25, 0.3) is 0 Å². The highest BCUT2D eigenvalue weighted by Gasteiger charge is 2.43. The first-order valence-corrected chi connectivity index (χ1v) is 14.4. The average molecular weight is 614 g/mol. The molecule has 1 fully saturated rings. The number of anilines is 1. The molecule has 1 amide bonds. The standard InChI is InChI=1S/C34H35N3O8/c1-22(38)35-31-18-19-37(33(40)36-31)32-20-29(44-23(2)39)30(45-32)21-43-34(24-8-6-5-7-9-24,25-10-14-27(41-3)15-11-25)26-12-16-28(42-4)17-13-26/h5-19,29-30,32H,20-21H2,1-4H3,(H,35,36,38,40)/t29-,30-,32-/m1/s1. The van der Waals surface area contributed by atoms with Crippen LogP contribution < -0.4 is 20.5 Å². The Balaban J connectivity index is 1.53. The molecule has 234 valence electrons. The van der Waals surface area contributed by atoms with Crippen LogP contribution in [0.2, 0.25) is 0 Å². The van der Waals surface area contributed by atoms with E-state index in [1.165, 1.54) is 30.7 Å². The van der Waals surface area contributed by atoms with E-state index < -0.39 is 35.7 Å². The van der Waals surface area contributed by atoms with Crippen molar-refractivity contribution in [2.45, 2.75) is 44.3 Å². The first-order chi connectivity index (χ1) is 21.7. The van der Waals surface area contributed by atoms with Crippen molar-refractivity contribution in [3.05, 3.63) is 118 Å². The Morgan fingerprint density at radius 3 is 1.98 bits per heavy atom. The van der Waals surface area contributed by atoms with Gasteiger partial charge in [0.05, 0.1) is 20.8 Å². The van der Waals surface area contributed by atoms with Gasteiger partial charge in [-0.05, 0) is 47.0 Å². The molecule has 0 spiro atoms. The first-order valence-electron chi connectivity index (χ1n) is 14.4. The van der Waals surface area contributed by atoms with E-state index >= 15 is 0 Å². The Bertz CT molecular complexity index is 1630. The lowest BCUT2D eigenvalue weighted by atomic mass is 9.80. The molecule has 3 aromatic carbocycles. The second kappa shape index (κ2) is 13.7. The van der Waals surface area contributed by atoms with E-state index in [1.54, 1.807) is 14.2 Å². The fourth-order valence-electron chi connectivity index (χ4n) is 5.52. The molecule has 11 heteroatoms. The Morgan fingerprint density at radius 2 is 1.47 bits per heavy atom. The van der Waals surface area contributed by atoms with Crippen LogP contribution in [-0.2, 0) is 29.4 Å². The minimum Gasteiger partial charge on any atom is -0.497 e. The summed E-state index contributed by atoms with van der Waals surface area (Å²) < 4.78 is 31.1. The number of ether oxygens (including phenoxy) is 5. The second-order valence-corrected chi connectivity index (χ2v) is 10.5. The molecule has 3 atom stereocenters. The molecular formula is C34H35N3O8. The molecule has 0 radical (unpaired) electrons. The number of hydrogen-bond acceptors (Lipinski definition) is 9. The third-order valence-electron chi connectivity index (χ3n) is 7.58. The molecule has 1 aliphatic rings. The number of benzene rings is 3. The van der Waals surface area contributed by atoms with Crippen LogP contribution >= 0.6 is 0 Å². The van der Waals surface area contributed by atoms with Gasteiger partial charge in [0.25, 0.3) is 0 Å². The van der Waals surface area contributed by atoms with Crippen LogP contribution in [0.5, 0.6) is 11.5 Å². The maximum Gasteiger partial charge on any atom is 0.351 e. The van der Waals surface area contributed by atoms with Crippen LogP contribution in [0, 0.1) is 0 Å². The van der Waals surface area contributed by atoms with Crippen LogP contribution in [0.1, 0.15) is 43.2 Å². The lowest BCUT2D eigenvalue weighted by molar-refractivity contribution is -0.153. The van der Waals surface area contributed by atoms with Gasteiger partial charge in [0.2, 0.25) is 5.91 Å². The molecule has 0 unspecified atom stereocenters. The van der Waals surface area contributed by atoms with Gasteiger partial charge in [-0.3, -0.25) is 14.2 Å². The quantitative estimate of drug-likeness (QED) is 0.193. The number of nitrogens with zero attached hydrogens (tertiary/aromatic N) is 2. The number of carbonyl (C=O) groups is 2. The van der Waals surface area contributed by atoms with Crippen molar-refractivity contribution in [1.29, 1.82) is 0 Å². The summed E-state index contributed by atoms with van der Waals surface area (Å²) in [6.07, 6.45) is -0.558. The third-order valence-corrected chi connectivity index (χ3v) is 7.58. The normalized spacial score (nSPS) is 17.8. The average Bonchev–Trinajstić information content (AvgIpc) is 3.43. The summed E-state index contributed by atoms with van der Waals surface area (Å²) in [6.45, 7) is 2.65. The van der Waals surface area contributed by atoms with Crippen molar-refractivity contribution < 1.29 is 33.3 Å². The monoisotopic (exact) mass is 613 g/mol. The zero-order valence-electron chi connectivity index (χ0n) is 25.5. The SMILES string of the molecule is COc1ccc(C(OC[C@H]2O[C@@H](n3ccc(NC(C)=O)nc3=O)C[C@H]2OC(C)=O)(c2ccccc2)c2ccc(OC)cc2)cc1. The van der Waals surface area contributed by atoms with Crippen molar-refractivity contribution in [3.8, 4) is 11.5 Å². The van der Waals surface area contributed by atoms with E-state index in [4.69, 9.17) is 23.7 Å². The fourth-order valence-corrected chi connectivity index (χ4v) is 5.52. The number of esters is 1. The summed E-state index contributed by atoms with van der Waals surface area (Å²) in [5.41, 5.74) is 0.761. The van der Waals surface area contributed by atoms with Gasteiger partial charge in [-0.2, -0.15) is 4.98 Å². The zero-order valence-corrected chi connectivity index (χ0v) is 25.5. The van der Waals surface area contributed by atoms with Gasteiger partial charge in [-0.15, -0.1) is 0 Å². The van der Waals surface area contributed by atoms with Crippen LogP contribution in [0.15, 0.2) is 95.9 Å². The number of rotatable bonds is 11. The highest BCUT2D eigenvalue weighted by atomic mass is 16.6. The van der Waals surface area contributed by atoms with Gasteiger partial charge in [-0.1, -0.05) is 54.6 Å². The Morgan fingerprint density at radius 1 is 0.889 bits per heavy atom. The largest absolute Gasteiger partial charge is 0.497 e. The van der Waals surface area contributed by atoms with Gasteiger partial charge in [0.1, 0.15) is 41.4 Å². The predicted molar refractivity (Wildman–Crippen MR) is 165 cm³/mol.